The molecule has 0 aliphatic heterocycles. The van der Waals surface area contributed by atoms with E-state index in [1.165, 1.54) is 0 Å². The van der Waals surface area contributed by atoms with Crippen LogP contribution in [0.15, 0.2) is 36.4 Å². The number of nitrogens with two attached hydrogens (primary N) is 1. The van der Waals surface area contributed by atoms with Crippen molar-refractivity contribution in [3.8, 4) is 0 Å². The maximum absolute atomic E-state index is 10.8. The van der Waals surface area contributed by atoms with Crippen LogP contribution >= 0.6 is 57.1 Å². The monoisotopic (exact) mass is 497 g/mol. The van der Waals surface area contributed by atoms with Gasteiger partial charge < -0.3 is 0 Å². The van der Waals surface area contributed by atoms with Gasteiger partial charge >= 0.3 is 0 Å². The first-order valence-corrected chi connectivity index (χ1v) is 12.3. The minimum Gasteiger partial charge on any atom is -0.228 e. The van der Waals surface area contributed by atoms with Crippen molar-refractivity contribution in [3.05, 3.63) is 67.6 Å². The highest BCUT2D eigenvalue weighted by Gasteiger charge is 2.13. The predicted octanol–water partition coefficient (Wildman–Crippen LogP) is 4.84. The summed E-state index contributed by atoms with van der Waals surface area (Å²) in [5.41, 5.74) is 0.675. The summed E-state index contributed by atoms with van der Waals surface area (Å²) in [4.78, 5) is 0. The highest BCUT2D eigenvalue weighted by Crippen LogP contribution is 2.27. The Bertz CT molecular complexity index is 872. The summed E-state index contributed by atoms with van der Waals surface area (Å²) in [7, 11) is -2.14. The standard InChI is InChI=1S/C7H5Cl3O2S.C7H7Cl2NO2S/c2*8-6-2-1-3-7(9)5(6)4-13(10,11)12/h1-3H,4H2;1-3H,4H2,(H2,10,11,12). The topological polar surface area (TPSA) is 94.3 Å². The van der Waals surface area contributed by atoms with Crippen molar-refractivity contribution in [1.29, 1.82) is 0 Å². The maximum Gasteiger partial charge on any atom is 0.236 e. The minimum absolute atomic E-state index is 0.303. The van der Waals surface area contributed by atoms with Crippen molar-refractivity contribution >= 4 is 76.2 Å². The molecule has 0 fully saturated rings. The van der Waals surface area contributed by atoms with Gasteiger partial charge in [0.15, 0.2) is 0 Å². The van der Waals surface area contributed by atoms with Gasteiger partial charge in [0.25, 0.3) is 0 Å². The molecule has 144 valence electrons. The Hall–Kier alpha value is -0.250. The second-order valence-electron chi connectivity index (χ2n) is 4.89. The number of primary sulfonamides is 1. The fourth-order valence-corrected chi connectivity index (χ4v) is 4.79. The van der Waals surface area contributed by atoms with E-state index in [9.17, 15) is 16.8 Å². The second-order valence-corrected chi connectivity index (χ2v) is 10.9. The van der Waals surface area contributed by atoms with Crippen LogP contribution in [0.5, 0.6) is 0 Å². The Morgan fingerprint density at radius 1 is 0.692 bits per heavy atom. The van der Waals surface area contributed by atoms with Crippen LogP contribution in [0.2, 0.25) is 20.1 Å². The molecule has 12 heteroatoms. The molecule has 2 rings (SSSR count). The minimum atomic E-state index is -3.62. The van der Waals surface area contributed by atoms with Crippen LogP contribution in [0.25, 0.3) is 0 Å². The summed E-state index contributed by atoms with van der Waals surface area (Å²) in [5, 5.41) is 6.08. The molecule has 0 atom stereocenters. The first kappa shape index (κ1) is 23.8. The molecular weight excluding hydrogens is 488 g/mol. The number of rotatable bonds is 4. The smallest absolute Gasteiger partial charge is 0.228 e. The van der Waals surface area contributed by atoms with E-state index in [1.54, 1.807) is 36.4 Å². The van der Waals surface area contributed by atoms with Crippen LogP contribution < -0.4 is 5.14 Å². The third-order valence-corrected chi connectivity index (χ3v) is 5.85. The SMILES string of the molecule is NS(=O)(=O)Cc1c(Cl)cccc1Cl.O=S(=O)(Cl)Cc1c(Cl)cccc1Cl. The largest absolute Gasteiger partial charge is 0.236 e. The molecule has 0 bridgehead atoms. The van der Waals surface area contributed by atoms with Gasteiger partial charge in [0, 0.05) is 41.9 Å². The molecule has 2 N–H and O–H groups in total. The molecule has 5 nitrogen and oxygen atoms in total. The number of sulfonamides is 1. The zero-order valence-corrected chi connectivity index (χ0v) is 18.2. The van der Waals surface area contributed by atoms with Gasteiger partial charge in [0.2, 0.25) is 19.1 Å². The molecule has 0 saturated carbocycles. The van der Waals surface area contributed by atoms with Crippen LogP contribution in [-0.2, 0) is 30.6 Å². The fourth-order valence-electron chi connectivity index (χ4n) is 1.71. The lowest BCUT2D eigenvalue weighted by Crippen LogP contribution is -2.15. The van der Waals surface area contributed by atoms with Crippen LogP contribution in [0.1, 0.15) is 11.1 Å². The van der Waals surface area contributed by atoms with E-state index in [0.29, 0.717) is 31.2 Å². The predicted molar refractivity (Wildman–Crippen MR) is 108 cm³/mol. The van der Waals surface area contributed by atoms with Crippen molar-refractivity contribution in [2.45, 2.75) is 11.5 Å². The van der Waals surface area contributed by atoms with Crippen LogP contribution in [0.4, 0.5) is 0 Å². The number of hydrogen-bond acceptors (Lipinski definition) is 4. The molecule has 0 radical (unpaired) electrons. The van der Waals surface area contributed by atoms with Crippen molar-refractivity contribution in [2.75, 3.05) is 0 Å². The zero-order chi connectivity index (χ0) is 20.1. The zero-order valence-electron chi connectivity index (χ0n) is 12.8. The van der Waals surface area contributed by atoms with Crippen LogP contribution in [-0.4, -0.2) is 16.8 Å². The molecule has 0 unspecified atom stereocenters. The lowest BCUT2D eigenvalue weighted by Gasteiger charge is -2.04. The summed E-state index contributed by atoms with van der Waals surface area (Å²) >= 11 is 22.9. The Labute approximate surface area is 176 Å². The lowest BCUT2D eigenvalue weighted by atomic mass is 10.2. The number of benzene rings is 2. The van der Waals surface area contributed by atoms with Gasteiger partial charge in [-0.15, -0.1) is 0 Å². The van der Waals surface area contributed by atoms with E-state index in [1.807, 2.05) is 0 Å². The van der Waals surface area contributed by atoms with E-state index >= 15 is 0 Å². The molecule has 2 aromatic rings. The Kier molecular flexibility index (Phi) is 8.96. The molecular formula is C14H12Cl5NO4S2. The second kappa shape index (κ2) is 9.80. The average molecular weight is 500 g/mol. The molecule has 0 amide bonds. The van der Waals surface area contributed by atoms with E-state index in [4.69, 9.17) is 62.2 Å². The van der Waals surface area contributed by atoms with E-state index in [0.717, 1.165) is 0 Å². The molecule has 0 heterocycles. The van der Waals surface area contributed by atoms with E-state index in [2.05, 4.69) is 0 Å². The van der Waals surface area contributed by atoms with Crippen molar-refractivity contribution < 1.29 is 16.8 Å². The third kappa shape index (κ3) is 8.63. The number of hydrogen-bond donors (Lipinski definition) is 1. The van der Waals surface area contributed by atoms with Crippen molar-refractivity contribution in [1.82, 2.24) is 0 Å². The summed E-state index contributed by atoms with van der Waals surface area (Å²) in [6.07, 6.45) is 0. The van der Waals surface area contributed by atoms with Crippen molar-refractivity contribution in [2.24, 2.45) is 5.14 Å². The lowest BCUT2D eigenvalue weighted by molar-refractivity contribution is 0.596. The average Bonchev–Trinajstić information content (AvgIpc) is 2.46. The number of halogens is 5. The highest BCUT2D eigenvalue weighted by molar-refractivity contribution is 8.13. The van der Waals surface area contributed by atoms with Gasteiger partial charge in [-0.2, -0.15) is 0 Å². The molecule has 0 aliphatic rings. The van der Waals surface area contributed by atoms with Gasteiger partial charge in [-0.05, 0) is 24.3 Å². The highest BCUT2D eigenvalue weighted by atomic mass is 35.7. The summed E-state index contributed by atoms with van der Waals surface area (Å²) in [6, 6.07) is 9.52. The summed E-state index contributed by atoms with van der Waals surface area (Å²) in [6.45, 7) is 0. The van der Waals surface area contributed by atoms with Crippen LogP contribution in [0, 0.1) is 0 Å². The normalized spacial score (nSPS) is 11.6. The molecule has 0 saturated heterocycles. The Morgan fingerprint density at radius 2 is 1.00 bits per heavy atom. The van der Waals surface area contributed by atoms with Gasteiger partial charge in [0.1, 0.15) is 0 Å². The Balaban J connectivity index is 0.000000260. The molecule has 0 aromatic heterocycles. The maximum atomic E-state index is 10.8. The van der Waals surface area contributed by atoms with Gasteiger partial charge in [0.05, 0.1) is 11.5 Å². The van der Waals surface area contributed by atoms with E-state index in [-0.39, 0.29) is 11.5 Å². The third-order valence-electron chi connectivity index (χ3n) is 2.79. The molecule has 0 aliphatic carbocycles. The first-order chi connectivity index (χ1) is 11.8. The summed E-state index contributed by atoms with van der Waals surface area (Å²) in [5.74, 6) is -0.696. The van der Waals surface area contributed by atoms with Gasteiger partial charge in [-0.25, -0.2) is 22.0 Å². The van der Waals surface area contributed by atoms with Gasteiger partial charge in [-0.1, -0.05) is 58.5 Å². The van der Waals surface area contributed by atoms with E-state index < -0.39 is 19.1 Å². The fraction of sp³-hybridized carbons (Fsp3) is 0.143. The first-order valence-electron chi connectivity index (χ1n) is 6.59. The Morgan fingerprint density at radius 3 is 1.27 bits per heavy atom. The van der Waals surface area contributed by atoms with Crippen molar-refractivity contribution in [3.63, 3.8) is 0 Å². The van der Waals surface area contributed by atoms with Gasteiger partial charge in [-0.3, -0.25) is 0 Å². The molecule has 2 aromatic carbocycles. The molecule has 0 spiro atoms. The quantitative estimate of drug-likeness (QED) is 0.609. The summed E-state index contributed by atoms with van der Waals surface area (Å²) < 4.78 is 43.0. The van der Waals surface area contributed by atoms with Crippen LogP contribution in [0.3, 0.4) is 0 Å². The molecule has 26 heavy (non-hydrogen) atoms.